The van der Waals surface area contributed by atoms with E-state index < -0.39 is 0 Å². The first-order valence-electron chi connectivity index (χ1n) is 9.31. The van der Waals surface area contributed by atoms with Crippen molar-refractivity contribution in [3.8, 4) is 5.75 Å². The van der Waals surface area contributed by atoms with Crippen LogP contribution in [-0.4, -0.2) is 25.0 Å². The minimum absolute atomic E-state index is 0.0346. The number of rotatable bonds is 7. The van der Waals surface area contributed by atoms with E-state index in [2.05, 4.69) is 47.3 Å². The van der Waals surface area contributed by atoms with E-state index in [-0.39, 0.29) is 23.8 Å². The number of benzene rings is 2. The molecule has 0 unspecified atom stereocenters. The molecule has 2 N–H and O–H groups in total. The van der Waals surface area contributed by atoms with E-state index in [1.165, 1.54) is 5.56 Å². The highest BCUT2D eigenvalue weighted by Gasteiger charge is 2.16. The zero-order chi connectivity index (χ0) is 20.7. The van der Waals surface area contributed by atoms with E-state index in [1.807, 2.05) is 25.1 Å². The minimum Gasteiger partial charge on any atom is -0.483 e. The number of amides is 2. The molecule has 0 atom stereocenters. The molecule has 0 saturated heterocycles. The summed E-state index contributed by atoms with van der Waals surface area (Å²) >= 11 is 3.50. The van der Waals surface area contributed by atoms with Gasteiger partial charge >= 0.3 is 0 Å². The highest BCUT2D eigenvalue weighted by Crippen LogP contribution is 2.31. The first-order chi connectivity index (χ1) is 13.2. The molecular formula is C22H27BrN2O3. The molecule has 0 aliphatic carbocycles. The van der Waals surface area contributed by atoms with Gasteiger partial charge in [0.1, 0.15) is 5.75 Å². The molecule has 2 rings (SSSR count). The third kappa shape index (κ3) is 6.37. The van der Waals surface area contributed by atoms with Crippen LogP contribution in [0.15, 0.2) is 46.9 Å². The Morgan fingerprint density at radius 3 is 2.50 bits per heavy atom. The van der Waals surface area contributed by atoms with Crippen LogP contribution in [0.25, 0.3) is 0 Å². The van der Waals surface area contributed by atoms with Gasteiger partial charge in [-0.25, -0.2) is 0 Å². The first kappa shape index (κ1) is 22.0. The van der Waals surface area contributed by atoms with Crippen LogP contribution < -0.4 is 15.4 Å². The summed E-state index contributed by atoms with van der Waals surface area (Å²) in [5.74, 6) is 0.158. The summed E-state index contributed by atoms with van der Waals surface area (Å²) in [4.78, 5) is 24.3. The zero-order valence-corrected chi connectivity index (χ0v) is 18.4. The molecule has 0 aliphatic heterocycles. The smallest absolute Gasteiger partial charge is 0.262 e. The van der Waals surface area contributed by atoms with Crippen molar-refractivity contribution >= 4 is 33.4 Å². The van der Waals surface area contributed by atoms with E-state index in [0.29, 0.717) is 23.5 Å². The van der Waals surface area contributed by atoms with Gasteiger partial charge in [-0.05, 0) is 63.7 Å². The zero-order valence-electron chi connectivity index (χ0n) is 16.8. The summed E-state index contributed by atoms with van der Waals surface area (Å²) in [7, 11) is 0. The molecule has 5 nitrogen and oxygen atoms in total. The maximum absolute atomic E-state index is 12.2. The molecule has 0 saturated carbocycles. The van der Waals surface area contributed by atoms with Crippen molar-refractivity contribution in [1.82, 2.24) is 5.32 Å². The lowest BCUT2D eigenvalue weighted by Gasteiger charge is -2.20. The quantitative estimate of drug-likeness (QED) is 0.634. The summed E-state index contributed by atoms with van der Waals surface area (Å²) in [6.45, 7) is 8.90. The fraction of sp³-hybridized carbons (Fsp3) is 0.364. The monoisotopic (exact) mass is 446 g/mol. The predicted molar refractivity (Wildman–Crippen MR) is 116 cm³/mol. The van der Waals surface area contributed by atoms with Crippen molar-refractivity contribution in [2.75, 3.05) is 18.5 Å². The highest BCUT2D eigenvalue weighted by molar-refractivity contribution is 9.10. The fourth-order valence-corrected chi connectivity index (χ4v) is 3.00. The van der Waals surface area contributed by atoms with Crippen LogP contribution >= 0.6 is 15.9 Å². The van der Waals surface area contributed by atoms with E-state index in [1.54, 1.807) is 24.3 Å². The summed E-state index contributed by atoms with van der Waals surface area (Å²) in [5.41, 5.74) is 2.27. The fourth-order valence-electron chi connectivity index (χ4n) is 2.50. The van der Waals surface area contributed by atoms with Gasteiger partial charge in [0.15, 0.2) is 6.61 Å². The summed E-state index contributed by atoms with van der Waals surface area (Å²) < 4.78 is 6.44. The summed E-state index contributed by atoms with van der Waals surface area (Å²) in [5, 5.41) is 5.57. The number of hydrogen-bond acceptors (Lipinski definition) is 3. The van der Waals surface area contributed by atoms with Gasteiger partial charge in [-0.3, -0.25) is 9.59 Å². The normalized spacial score (nSPS) is 11.0. The van der Waals surface area contributed by atoms with Gasteiger partial charge in [-0.2, -0.15) is 0 Å². The Kier molecular flexibility index (Phi) is 7.63. The molecule has 2 amide bonds. The molecule has 2 aromatic rings. The van der Waals surface area contributed by atoms with E-state index >= 15 is 0 Å². The molecule has 0 spiro atoms. The molecule has 2 aromatic carbocycles. The molecule has 0 aromatic heterocycles. The molecular weight excluding hydrogens is 420 g/mol. The van der Waals surface area contributed by atoms with Crippen molar-refractivity contribution in [1.29, 1.82) is 0 Å². The maximum atomic E-state index is 12.2. The molecule has 0 fully saturated rings. The molecule has 6 heteroatoms. The third-order valence-corrected chi connectivity index (χ3v) is 4.72. The van der Waals surface area contributed by atoms with Crippen LogP contribution in [0.5, 0.6) is 5.75 Å². The number of anilines is 1. The third-order valence-electron chi connectivity index (χ3n) is 4.10. The van der Waals surface area contributed by atoms with Crippen molar-refractivity contribution in [2.24, 2.45) is 0 Å². The lowest BCUT2D eigenvalue weighted by molar-refractivity contribution is -0.118. The number of halogens is 1. The molecule has 0 aliphatic rings. The van der Waals surface area contributed by atoms with Gasteiger partial charge in [0, 0.05) is 17.8 Å². The van der Waals surface area contributed by atoms with Crippen molar-refractivity contribution in [3.05, 3.63) is 58.1 Å². The lowest BCUT2D eigenvalue weighted by atomic mass is 9.87. The Labute approximate surface area is 175 Å². The van der Waals surface area contributed by atoms with Crippen molar-refractivity contribution in [2.45, 2.75) is 39.5 Å². The molecule has 150 valence electrons. The van der Waals surface area contributed by atoms with Crippen LogP contribution in [-0.2, 0) is 10.2 Å². The van der Waals surface area contributed by atoms with Gasteiger partial charge in [-0.1, -0.05) is 39.8 Å². The Morgan fingerprint density at radius 2 is 1.86 bits per heavy atom. The number of ether oxygens (including phenoxy) is 1. The SMILES string of the molecule is CCCNC(=O)c1cccc(NC(=O)COc2ccc(C(C)(C)C)cc2Br)c1. The Morgan fingerprint density at radius 1 is 1.11 bits per heavy atom. The topological polar surface area (TPSA) is 67.4 Å². The molecule has 0 bridgehead atoms. The van der Waals surface area contributed by atoms with Gasteiger partial charge in [0.25, 0.3) is 11.8 Å². The minimum atomic E-state index is -0.294. The predicted octanol–water partition coefficient (Wildman–Crippen LogP) is 4.90. The van der Waals surface area contributed by atoms with Crippen LogP contribution in [0, 0.1) is 0 Å². The Hall–Kier alpha value is -2.34. The molecule has 0 radical (unpaired) electrons. The largest absolute Gasteiger partial charge is 0.483 e. The van der Waals surface area contributed by atoms with Crippen LogP contribution in [0.2, 0.25) is 0 Å². The molecule has 0 heterocycles. The highest BCUT2D eigenvalue weighted by atomic mass is 79.9. The second kappa shape index (κ2) is 9.73. The van der Waals surface area contributed by atoms with Crippen LogP contribution in [0.1, 0.15) is 50.0 Å². The number of nitrogens with one attached hydrogen (secondary N) is 2. The van der Waals surface area contributed by atoms with E-state index in [4.69, 9.17) is 4.74 Å². The van der Waals surface area contributed by atoms with E-state index in [0.717, 1.165) is 10.9 Å². The average molecular weight is 447 g/mol. The standard InChI is InChI=1S/C22H27BrN2O3/c1-5-11-24-21(27)15-7-6-8-17(12-15)25-20(26)14-28-19-10-9-16(13-18(19)23)22(2,3)4/h6-10,12-13H,5,11,14H2,1-4H3,(H,24,27)(H,25,26). The number of carbonyl (C=O) groups excluding carboxylic acids is 2. The Balaban J connectivity index is 1.95. The molecule has 28 heavy (non-hydrogen) atoms. The van der Waals surface area contributed by atoms with Gasteiger partial charge in [-0.15, -0.1) is 0 Å². The first-order valence-corrected chi connectivity index (χ1v) is 10.1. The lowest BCUT2D eigenvalue weighted by Crippen LogP contribution is -2.24. The number of carbonyl (C=O) groups is 2. The summed E-state index contributed by atoms with van der Waals surface area (Å²) in [6, 6.07) is 12.7. The summed E-state index contributed by atoms with van der Waals surface area (Å²) in [6.07, 6.45) is 0.867. The van der Waals surface area contributed by atoms with Crippen LogP contribution in [0.4, 0.5) is 5.69 Å². The van der Waals surface area contributed by atoms with Gasteiger partial charge in [0.2, 0.25) is 0 Å². The van der Waals surface area contributed by atoms with Crippen molar-refractivity contribution in [3.63, 3.8) is 0 Å². The Bertz CT molecular complexity index is 844. The average Bonchev–Trinajstić information content (AvgIpc) is 2.64. The van der Waals surface area contributed by atoms with Gasteiger partial charge < -0.3 is 15.4 Å². The number of hydrogen-bond donors (Lipinski definition) is 2. The van der Waals surface area contributed by atoms with E-state index in [9.17, 15) is 9.59 Å². The van der Waals surface area contributed by atoms with Crippen LogP contribution in [0.3, 0.4) is 0 Å². The second-order valence-electron chi connectivity index (χ2n) is 7.57. The van der Waals surface area contributed by atoms with Crippen molar-refractivity contribution < 1.29 is 14.3 Å². The second-order valence-corrected chi connectivity index (χ2v) is 8.42. The van der Waals surface area contributed by atoms with Gasteiger partial charge in [0.05, 0.1) is 4.47 Å². The maximum Gasteiger partial charge on any atom is 0.262 e.